The molecule has 5 heteroatoms. The standard InChI is InChI=1S/C8H14ClN3O/c1-2-12-5-11-8(9)7(12)6(13)3-4-10/h5-6,13H,2-4,10H2,1H3/t6-/m1/s1. The molecule has 1 aromatic heterocycles. The van der Waals surface area contributed by atoms with Crippen molar-refractivity contribution < 1.29 is 5.11 Å². The number of halogens is 1. The molecular weight excluding hydrogens is 190 g/mol. The molecule has 0 saturated carbocycles. The molecule has 1 atom stereocenters. The van der Waals surface area contributed by atoms with E-state index in [1.165, 1.54) is 0 Å². The molecule has 0 amide bonds. The van der Waals surface area contributed by atoms with Crippen LogP contribution in [-0.4, -0.2) is 21.2 Å². The molecule has 0 aliphatic heterocycles. The van der Waals surface area contributed by atoms with Gasteiger partial charge < -0.3 is 15.4 Å². The lowest BCUT2D eigenvalue weighted by atomic mass is 10.2. The maximum atomic E-state index is 9.68. The quantitative estimate of drug-likeness (QED) is 0.766. The molecule has 0 aliphatic carbocycles. The van der Waals surface area contributed by atoms with Crippen LogP contribution in [0, 0.1) is 0 Å². The van der Waals surface area contributed by atoms with Gasteiger partial charge in [0, 0.05) is 6.54 Å². The number of nitrogens with zero attached hydrogens (tertiary/aromatic N) is 2. The average molecular weight is 204 g/mol. The van der Waals surface area contributed by atoms with Crippen LogP contribution in [0.2, 0.25) is 5.15 Å². The van der Waals surface area contributed by atoms with Crippen molar-refractivity contribution in [1.82, 2.24) is 9.55 Å². The van der Waals surface area contributed by atoms with Crippen molar-refractivity contribution in [3.63, 3.8) is 0 Å². The molecule has 0 bridgehead atoms. The summed E-state index contributed by atoms with van der Waals surface area (Å²) in [6, 6.07) is 0. The van der Waals surface area contributed by atoms with Crippen molar-refractivity contribution in [2.24, 2.45) is 5.73 Å². The number of rotatable bonds is 4. The van der Waals surface area contributed by atoms with Crippen molar-refractivity contribution in [2.45, 2.75) is 26.0 Å². The lowest BCUT2D eigenvalue weighted by molar-refractivity contribution is 0.161. The van der Waals surface area contributed by atoms with E-state index in [-0.39, 0.29) is 0 Å². The van der Waals surface area contributed by atoms with Crippen molar-refractivity contribution in [2.75, 3.05) is 6.54 Å². The summed E-state index contributed by atoms with van der Waals surface area (Å²) in [6.07, 6.45) is 1.52. The second kappa shape index (κ2) is 4.60. The van der Waals surface area contributed by atoms with Crippen LogP contribution in [0.25, 0.3) is 0 Å². The third-order valence-corrected chi connectivity index (χ3v) is 2.22. The predicted molar refractivity (Wildman–Crippen MR) is 51.5 cm³/mol. The van der Waals surface area contributed by atoms with Gasteiger partial charge in [-0.25, -0.2) is 4.98 Å². The van der Waals surface area contributed by atoms with E-state index >= 15 is 0 Å². The normalized spacial score (nSPS) is 13.2. The zero-order valence-electron chi connectivity index (χ0n) is 7.57. The molecule has 0 fully saturated rings. The fraction of sp³-hybridized carbons (Fsp3) is 0.625. The van der Waals surface area contributed by atoms with Gasteiger partial charge in [-0.15, -0.1) is 0 Å². The summed E-state index contributed by atoms with van der Waals surface area (Å²) in [6.45, 7) is 3.15. The molecular formula is C8H14ClN3O. The molecule has 0 aromatic carbocycles. The van der Waals surface area contributed by atoms with E-state index in [1.807, 2.05) is 11.5 Å². The maximum Gasteiger partial charge on any atom is 0.152 e. The molecule has 0 spiro atoms. The van der Waals surface area contributed by atoms with Gasteiger partial charge in [-0.3, -0.25) is 0 Å². The highest BCUT2D eigenvalue weighted by Crippen LogP contribution is 2.23. The molecule has 0 radical (unpaired) electrons. The van der Waals surface area contributed by atoms with Gasteiger partial charge in [0.25, 0.3) is 0 Å². The Balaban J connectivity index is 2.89. The summed E-state index contributed by atoms with van der Waals surface area (Å²) < 4.78 is 1.82. The van der Waals surface area contributed by atoms with Crippen molar-refractivity contribution in [3.05, 3.63) is 17.2 Å². The minimum Gasteiger partial charge on any atom is -0.387 e. The van der Waals surface area contributed by atoms with Gasteiger partial charge in [-0.2, -0.15) is 0 Å². The lowest BCUT2D eigenvalue weighted by Crippen LogP contribution is -2.11. The summed E-state index contributed by atoms with van der Waals surface area (Å²) in [5.74, 6) is 0. The first-order valence-electron chi connectivity index (χ1n) is 4.29. The van der Waals surface area contributed by atoms with Crippen LogP contribution in [0.1, 0.15) is 25.1 Å². The Bertz CT molecular complexity index is 274. The number of nitrogens with two attached hydrogens (primary N) is 1. The van der Waals surface area contributed by atoms with Gasteiger partial charge in [0.05, 0.1) is 18.1 Å². The number of aliphatic hydroxyl groups is 1. The minimum absolute atomic E-state index is 0.364. The topological polar surface area (TPSA) is 64.1 Å². The Hall–Kier alpha value is -0.580. The molecule has 1 rings (SSSR count). The number of imidazole rings is 1. The van der Waals surface area contributed by atoms with Gasteiger partial charge in [0.1, 0.15) is 0 Å². The Kier molecular flexibility index (Phi) is 3.71. The monoisotopic (exact) mass is 203 g/mol. The fourth-order valence-electron chi connectivity index (χ4n) is 1.24. The van der Waals surface area contributed by atoms with E-state index < -0.39 is 6.10 Å². The van der Waals surface area contributed by atoms with Gasteiger partial charge >= 0.3 is 0 Å². The highest BCUT2D eigenvalue weighted by Gasteiger charge is 2.16. The summed E-state index contributed by atoms with van der Waals surface area (Å²) in [4.78, 5) is 3.92. The number of aromatic nitrogens is 2. The fourth-order valence-corrected chi connectivity index (χ4v) is 1.52. The van der Waals surface area contributed by atoms with E-state index in [9.17, 15) is 5.11 Å². The highest BCUT2D eigenvalue weighted by molar-refractivity contribution is 6.30. The molecule has 3 N–H and O–H groups in total. The highest BCUT2D eigenvalue weighted by atomic mass is 35.5. The Morgan fingerprint density at radius 2 is 2.46 bits per heavy atom. The van der Waals surface area contributed by atoms with Crippen LogP contribution in [-0.2, 0) is 6.54 Å². The second-order valence-corrected chi connectivity index (χ2v) is 3.16. The maximum absolute atomic E-state index is 9.68. The van der Waals surface area contributed by atoms with Crippen LogP contribution in [0.4, 0.5) is 0 Å². The van der Waals surface area contributed by atoms with Crippen LogP contribution in [0.5, 0.6) is 0 Å². The first-order chi connectivity index (χ1) is 6.20. The van der Waals surface area contributed by atoms with Gasteiger partial charge in [-0.1, -0.05) is 11.6 Å². The van der Waals surface area contributed by atoms with E-state index in [1.54, 1.807) is 6.33 Å². The summed E-state index contributed by atoms with van der Waals surface area (Å²) in [7, 11) is 0. The SMILES string of the molecule is CCn1cnc(Cl)c1[C@H](O)CCN. The van der Waals surface area contributed by atoms with Gasteiger partial charge in [0.15, 0.2) is 5.15 Å². The Labute approximate surface area is 82.3 Å². The molecule has 1 heterocycles. The molecule has 0 aliphatic rings. The summed E-state index contributed by atoms with van der Waals surface area (Å²) in [5, 5.41) is 10.0. The van der Waals surface area contributed by atoms with Gasteiger partial charge in [-0.05, 0) is 19.9 Å². The smallest absolute Gasteiger partial charge is 0.152 e. The van der Waals surface area contributed by atoms with Crippen molar-refractivity contribution in [3.8, 4) is 0 Å². The van der Waals surface area contributed by atoms with Crippen LogP contribution in [0.15, 0.2) is 6.33 Å². The van der Waals surface area contributed by atoms with Crippen LogP contribution in [0.3, 0.4) is 0 Å². The van der Waals surface area contributed by atoms with E-state index in [0.717, 1.165) is 6.54 Å². The molecule has 1 aromatic rings. The number of hydrogen-bond donors (Lipinski definition) is 2. The molecule has 0 saturated heterocycles. The molecule has 13 heavy (non-hydrogen) atoms. The zero-order valence-corrected chi connectivity index (χ0v) is 8.33. The first-order valence-corrected chi connectivity index (χ1v) is 4.67. The van der Waals surface area contributed by atoms with Gasteiger partial charge in [0.2, 0.25) is 0 Å². The Morgan fingerprint density at radius 3 is 3.00 bits per heavy atom. The van der Waals surface area contributed by atoms with E-state index in [0.29, 0.717) is 23.8 Å². The predicted octanol–water partition coefficient (Wildman–Crippen LogP) is 0.939. The molecule has 74 valence electrons. The second-order valence-electron chi connectivity index (χ2n) is 2.80. The van der Waals surface area contributed by atoms with E-state index in [2.05, 4.69) is 4.98 Å². The number of hydrogen-bond acceptors (Lipinski definition) is 3. The number of aliphatic hydroxyl groups excluding tert-OH is 1. The van der Waals surface area contributed by atoms with Crippen LogP contribution >= 0.6 is 11.6 Å². The summed E-state index contributed by atoms with van der Waals surface area (Å²) >= 11 is 5.82. The summed E-state index contributed by atoms with van der Waals surface area (Å²) in [5.41, 5.74) is 6.01. The third-order valence-electron chi connectivity index (χ3n) is 1.93. The Morgan fingerprint density at radius 1 is 1.77 bits per heavy atom. The molecule has 0 unspecified atom stereocenters. The first kappa shape index (κ1) is 10.5. The van der Waals surface area contributed by atoms with Crippen molar-refractivity contribution >= 4 is 11.6 Å². The largest absolute Gasteiger partial charge is 0.387 e. The van der Waals surface area contributed by atoms with Crippen molar-refractivity contribution in [1.29, 1.82) is 0 Å². The minimum atomic E-state index is -0.611. The lowest BCUT2D eigenvalue weighted by Gasteiger charge is -2.11. The third kappa shape index (κ3) is 2.21. The zero-order chi connectivity index (χ0) is 9.84. The van der Waals surface area contributed by atoms with E-state index in [4.69, 9.17) is 17.3 Å². The molecule has 4 nitrogen and oxygen atoms in total. The number of aryl methyl sites for hydroxylation is 1. The van der Waals surface area contributed by atoms with Crippen LogP contribution < -0.4 is 5.73 Å². The average Bonchev–Trinajstić information content (AvgIpc) is 2.47.